The number of aliphatic hydroxyl groups is 1. The molecule has 4 N–H and O–H groups in total. The Morgan fingerprint density at radius 1 is 1.18 bits per heavy atom. The van der Waals surface area contributed by atoms with Gasteiger partial charge in [0.05, 0.1) is 40.3 Å². The second kappa shape index (κ2) is 8.27. The SMILES string of the molecule is Nc1c(Br)c(C2CCC(O)(CC(=O)O)CC2)nc2c(-c3cnn(-c4ccccc4)c3)cnn12. The van der Waals surface area contributed by atoms with Gasteiger partial charge in [-0.05, 0) is 53.7 Å². The number of carbonyl (C=O) groups is 1. The second-order valence-electron chi connectivity index (χ2n) is 8.57. The van der Waals surface area contributed by atoms with E-state index in [4.69, 9.17) is 15.8 Å². The number of carboxylic acid groups (broad SMARTS) is 1. The van der Waals surface area contributed by atoms with Gasteiger partial charge in [-0.25, -0.2) is 9.67 Å². The van der Waals surface area contributed by atoms with Crippen LogP contribution in [-0.4, -0.2) is 46.2 Å². The van der Waals surface area contributed by atoms with Gasteiger partial charge in [0, 0.05) is 23.2 Å². The first-order chi connectivity index (χ1) is 15.8. The standard InChI is InChI=1S/C23H23BrN6O3/c24-19-20(14-6-8-23(33,9-7-14)10-18(31)32)28-22-17(12-27-30(22)21(19)25)15-11-26-29(13-15)16-4-2-1-3-5-16/h1-5,11-14,33H,6-10,25H2,(H,31,32). The molecule has 1 fully saturated rings. The van der Waals surface area contributed by atoms with Crippen molar-refractivity contribution in [3.63, 3.8) is 0 Å². The minimum Gasteiger partial charge on any atom is -0.481 e. The highest BCUT2D eigenvalue weighted by Gasteiger charge is 2.37. The fourth-order valence-electron chi connectivity index (χ4n) is 4.56. The largest absolute Gasteiger partial charge is 0.481 e. The number of halogens is 1. The summed E-state index contributed by atoms with van der Waals surface area (Å²) in [5.74, 6) is -0.487. The third kappa shape index (κ3) is 4.00. The molecule has 0 aliphatic heterocycles. The van der Waals surface area contributed by atoms with Gasteiger partial charge >= 0.3 is 5.97 Å². The first-order valence-corrected chi connectivity index (χ1v) is 11.5. The Balaban J connectivity index is 1.49. The van der Waals surface area contributed by atoms with Crippen molar-refractivity contribution in [2.24, 2.45) is 0 Å². The quantitative estimate of drug-likeness (QED) is 0.372. The molecule has 0 atom stereocenters. The molecule has 3 aromatic heterocycles. The summed E-state index contributed by atoms with van der Waals surface area (Å²) >= 11 is 3.58. The van der Waals surface area contributed by atoms with E-state index in [-0.39, 0.29) is 12.3 Å². The molecule has 0 amide bonds. The molecule has 3 heterocycles. The summed E-state index contributed by atoms with van der Waals surface area (Å²) in [5, 5.41) is 28.6. The fraction of sp³-hybridized carbons (Fsp3) is 0.304. The molecule has 0 spiro atoms. The molecule has 0 radical (unpaired) electrons. The minimum atomic E-state index is -1.17. The molecular formula is C23H23BrN6O3. The van der Waals surface area contributed by atoms with Gasteiger partial charge in [0.15, 0.2) is 5.65 Å². The van der Waals surface area contributed by atoms with Crippen molar-refractivity contribution in [2.45, 2.75) is 43.6 Å². The van der Waals surface area contributed by atoms with E-state index in [9.17, 15) is 9.90 Å². The number of fused-ring (bicyclic) bond motifs is 1. The Morgan fingerprint density at radius 2 is 1.91 bits per heavy atom. The lowest BCUT2D eigenvalue weighted by Crippen LogP contribution is -2.36. The van der Waals surface area contributed by atoms with Gasteiger partial charge < -0.3 is 15.9 Å². The molecule has 0 saturated heterocycles. The second-order valence-corrected chi connectivity index (χ2v) is 9.36. The van der Waals surface area contributed by atoms with E-state index in [0.29, 0.717) is 41.6 Å². The zero-order valence-electron chi connectivity index (χ0n) is 17.7. The van der Waals surface area contributed by atoms with Crippen LogP contribution >= 0.6 is 15.9 Å². The molecule has 33 heavy (non-hydrogen) atoms. The third-order valence-corrected chi connectivity index (χ3v) is 7.16. The molecule has 5 rings (SSSR count). The molecule has 0 bridgehead atoms. The van der Waals surface area contributed by atoms with Crippen LogP contribution in [0.15, 0.2) is 53.4 Å². The van der Waals surface area contributed by atoms with Gasteiger partial charge in [0.25, 0.3) is 0 Å². The molecule has 1 saturated carbocycles. The van der Waals surface area contributed by atoms with Crippen LogP contribution in [0.2, 0.25) is 0 Å². The number of hydrogen-bond donors (Lipinski definition) is 3. The van der Waals surface area contributed by atoms with Crippen molar-refractivity contribution < 1.29 is 15.0 Å². The number of aromatic nitrogens is 5. The van der Waals surface area contributed by atoms with E-state index in [1.165, 1.54) is 0 Å². The predicted octanol–water partition coefficient (Wildman–Crippen LogP) is 3.79. The highest BCUT2D eigenvalue weighted by Crippen LogP contribution is 2.43. The average Bonchev–Trinajstić information content (AvgIpc) is 3.44. The van der Waals surface area contributed by atoms with Gasteiger partial charge in [-0.15, -0.1) is 0 Å². The number of para-hydroxylation sites is 1. The summed E-state index contributed by atoms with van der Waals surface area (Å²) in [7, 11) is 0. The zero-order chi connectivity index (χ0) is 23.2. The lowest BCUT2D eigenvalue weighted by molar-refractivity contribution is -0.144. The summed E-state index contributed by atoms with van der Waals surface area (Å²) in [5.41, 5.74) is 9.30. The lowest BCUT2D eigenvalue weighted by Gasteiger charge is -2.35. The number of aliphatic carboxylic acids is 1. The van der Waals surface area contributed by atoms with Crippen molar-refractivity contribution in [1.29, 1.82) is 0 Å². The van der Waals surface area contributed by atoms with Gasteiger partial charge in [-0.2, -0.15) is 14.7 Å². The number of hydrogen-bond acceptors (Lipinski definition) is 6. The topological polar surface area (TPSA) is 132 Å². The molecular weight excluding hydrogens is 488 g/mol. The van der Waals surface area contributed by atoms with Crippen LogP contribution < -0.4 is 5.73 Å². The van der Waals surface area contributed by atoms with Crippen LogP contribution in [0.5, 0.6) is 0 Å². The number of carboxylic acids is 1. The number of rotatable bonds is 5. The summed E-state index contributed by atoms with van der Waals surface area (Å²) in [6.45, 7) is 0. The van der Waals surface area contributed by atoms with E-state index >= 15 is 0 Å². The van der Waals surface area contributed by atoms with Gasteiger partial charge in [-0.3, -0.25) is 4.79 Å². The van der Waals surface area contributed by atoms with Gasteiger partial charge in [-0.1, -0.05) is 18.2 Å². The van der Waals surface area contributed by atoms with Crippen LogP contribution in [0.4, 0.5) is 5.82 Å². The Labute approximate surface area is 198 Å². The van der Waals surface area contributed by atoms with Crippen LogP contribution in [0.1, 0.15) is 43.7 Å². The smallest absolute Gasteiger partial charge is 0.306 e. The molecule has 0 unspecified atom stereocenters. The van der Waals surface area contributed by atoms with Crippen molar-refractivity contribution >= 4 is 33.4 Å². The number of anilines is 1. The number of nitrogen functional groups attached to an aromatic ring is 1. The van der Waals surface area contributed by atoms with E-state index in [2.05, 4.69) is 26.1 Å². The highest BCUT2D eigenvalue weighted by atomic mass is 79.9. The van der Waals surface area contributed by atoms with Crippen molar-refractivity contribution in [2.75, 3.05) is 5.73 Å². The molecule has 10 heteroatoms. The van der Waals surface area contributed by atoms with E-state index < -0.39 is 11.6 Å². The Hall–Kier alpha value is -3.24. The van der Waals surface area contributed by atoms with E-state index in [0.717, 1.165) is 22.5 Å². The molecule has 170 valence electrons. The molecule has 1 aliphatic rings. The van der Waals surface area contributed by atoms with E-state index in [1.807, 2.05) is 36.5 Å². The monoisotopic (exact) mass is 510 g/mol. The third-order valence-electron chi connectivity index (χ3n) is 6.35. The fourth-order valence-corrected chi connectivity index (χ4v) is 5.14. The van der Waals surface area contributed by atoms with Crippen LogP contribution in [0, 0.1) is 0 Å². The molecule has 1 aromatic carbocycles. The summed E-state index contributed by atoms with van der Waals surface area (Å²) in [4.78, 5) is 16.0. The Morgan fingerprint density at radius 3 is 2.61 bits per heavy atom. The average molecular weight is 511 g/mol. The Kier molecular flexibility index (Phi) is 5.41. The van der Waals surface area contributed by atoms with Crippen LogP contribution in [0.3, 0.4) is 0 Å². The van der Waals surface area contributed by atoms with Gasteiger partial charge in [0.1, 0.15) is 5.82 Å². The predicted molar refractivity (Wildman–Crippen MR) is 126 cm³/mol. The van der Waals surface area contributed by atoms with Crippen molar-refractivity contribution in [1.82, 2.24) is 24.4 Å². The van der Waals surface area contributed by atoms with Crippen LogP contribution in [-0.2, 0) is 4.79 Å². The lowest BCUT2D eigenvalue weighted by atomic mass is 9.76. The number of nitrogens with two attached hydrogens (primary N) is 1. The summed E-state index contributed by atoms with van der Waals surface area (Å²) < 4.78 is 4.08. The highest BCUT2D eigenvalue weighted by molar-refractivity contribution is 9.10. The maximum Gasteiger partial charge on any atom is 0.306 e. The molecule has 9 nitrogen and oxygen atoms in total. The summed E-state index contributed by atoms with van der Waals surface area (Å²) in [6.07, 6.45) is 7.25. The van der Waals surface area contributed by atoms with E-state index in [1.54, 1.807) is 21.6 Å². The van der Waals surface area contributed by atoms with Crippen LogP contribution in [0.25, 0.3) is 22.5 Å². The van der Waals surface area contributed by atoms with Crippen molar-refractivity contribution in [3.8, 4) is 16.8 Å². The maximum atomic E-state index is 11.1. The molecule has 1 aliphatic carbocycles. The maximum absolute atomic E-state index is 11.1. The van der Waals surface area contributed by atoms with Gasteiger partial charge in [0.2, 0.25) is 0 Å². The summed E-state index contributed by atoms with van der Waals surface area (Å²) in [6, 6.07) is 9.83. The van der Waals surface area contributed by atoms with Crippen molar-refractivity contribution in [3.05, 3.63) is 59.1 Å². The normalized spacial score (nSPS) is 20.8. The first kappa shape index (κ1) is 21.6. The minimum absolute atomic E-state index is 0.0514. The zero-order valence-corrected chi connectivity index (χ0v) is 19.3. The first-order valence-electron chi connectivity index (χ1n) is 10.7. The number of benzene rings is 1. The number of nitrogens with zero attached hydrogens (tertiary/aromatic N) is 5. The Bertz CT molecular complexity index is 1320. The molecule has 4 aromatic rings.